The second-order valence-electron chi connectivity index (χ2n) is 3.42. The number of hydrogen-bond donors (Lipinski definition) is 2. The summed E-state index contributed by atoms with van der Waals surface area (Å²) in [6.07, 6.45) is 0. The average Bonchev–Trinajstić information content (AvgIpc) is 2.31. The Kier molecular flexibility index (Phi) is 8.87. The van der Waals surface area contributed by atoms with Gasteiger partial charge in [-0.25, -0.2) is 13.1 Å². The first-order valence-electron chi connectivity index (χ1n) is 5.24. The van der Waals surface area contributed by atoms with Crippen LogP contribution in [0.25, 0.3) is 0 Å². The van der Waals surface area contributed by atoms with Gasteiger partial charge in [-0.3, -0.25) is 0 Å². The highest BCUT2D eigenvalue weighted by Gasteiger charge is 2.20. The Morgan fingerprint density at radius 3 is 2.42 bits per heavy atom. The molecule has 0 aromatic heterocycles. The van der Waals surface area contributed by atoms with Crippen LogP contribution in [0.5, 0.6) is 0 Å². The van der Waals surface area contributed by atoms with E-state index in [9.17, 15) is 8.42 Å². The van der Waals surface area contributed by atoms with Gasteiger partial charge < -0.3 is 5.32 Å². The summed E-state index contributed by atoms with van der Waals surface area (Å²) in [5, 5.41) is 3.22. The molecule has 0 bridgehead atoms. The van der Waals surface area contributed by atoms with Crippen molar-refractivity contribution in [3.05, 3.63) is 26.7 Å². The molecule has 0 unspecified atom stereocenters. The van der Waals surface area contributed by atoms with Gasteiger partial charge in [0.1, 0.15) is 4.90 Å². The van der Waals surface area contributed by atoms with E-state index in [1.165, 1.54) is 6.07 Å². The van der Waals surface area contributed by atoms with Gasteiger partial charge >= 0.3 is 0 Å². The third-order valence-corrected chi connectivity index (χ3v) is 5.52. The molecule has 1 rings (SSSR count). The van der Waals surface area contributed by atoms with E-state index >= 15 is 0 Å². The molecular formula is C10H14BrCl3N2O2S. The maximum atomic E-state index is 12.0. The van der Waals surface area contributed by atoms with Crippen LogP contribution in [0.15, 0.2) is 21.5 Å². The predicted octanol–water partition coefficient (Wildman–Crippen LogP) is 3.07. The van der Waals surface area contributed by atoms with Gasteiger partial charge in [-0.05, 0) is 34.6 Å². The summed E-state index contributed by atoms with van der Waals surface area (Å²) in [4.78, 5) is -0.0196. The van der Waals surface area contributed by atoms with Gasteiger partial charge in [0, 0.05) is 17.6 Å². The Balaban J connectivity index is 0.00000324. The second-order valence-corrected chi connectivity index (χ2v) is 6.77. The van der Waals surface area contributed by atoms with Gasteiger partial charge in [0.2, 0.25) is 10.0 Å². The van der Waals surface area contributed by atoms with E-state index in [0.29, 0.717) is 17.6 Å². The van der Waals surface area contributed by atoms with Crippen molar-refractivity contribution >= 4 is 61.6 Å². The van der Waals surface area contributed by atoms with Crippen molar-refractivity contribution < 1.29 is 8.42 Å². The fourth-order valence-corrected chi connectivity index (χ4v) is 3.49. The molecule has 0 atom stereocenters. The highest BCUT2D eigenvalue weighted by molar-refractivity contribution is 9.10. The minimum atomic E-state index is -3.64. The molecule has 0 fully saturated rings. The average molecular weight is 413 g/mol. The molecule has 2 N–H and O–H groups in total. The van der Waals surface area contributed by atoms with Gasteiger partial charge in [0.15, 0.2) is 0 Å². The second kappa shape index (κ2) is 8.67. The molecular weight excluding hydrogens is 398 g/mol. The summed E-state index contributed by atoms with van der Waals surface area (Å²) < 4.78 is 27.0. The molecule has 4 nitrogen and oxygen atoms in total. The van der Waals surface area contributed by atoms with Gasteiger partial charge in [0.05, 0.1) is 10.0 Å². The van der Waals surface area contributed by atoms with Crippen molar-refractivity contribution in [3.8, 4) is 0 Å². The van der Waals surface area contributed by atoms with Crippen molar-refractivity contribution in [1.82, 2.24) is 10.0 Å². The lowest BCUT2D eigenvalue weighted by Gasteiger charge is -2.10. The third-order valence-electron chi connectivity index (χ3n) is 2.13. The van der Waals surface area contributed by atoms with Gasteiger partial charge in [-0.1, -0.05) is 30.1 Å². The van der Waals surface area contributed by atoms with E-state index in [4.69, 9.17) is 23.2 Å². The molecule has 1 aromatic carbocycles. The summed E-state index contributed by atoms with van der Waals surface area (Å²) in [5.74, 6) is 0. The number of benzene rings is 1. The standard InChI is InChI=1S/C10H13BrCl2N2O2S.ClH/c1-2-14-5-6-15-18(16,17)8-4-3-7(11)9(12)10(8)13;/h3-4,14-15H,2,5-6H2,1H3;1H. The smallest absolute Gasteiger partial charge is 0.242 e. The maximum absolute atomic E-state index is 12.0. The highest BCUT2D eigenvalue weighted by atomic mass is 79.9. The van der Waals surface area contributed by atoms with Gasteiger partial charge in [0.25, 0.3) is 0 Å². The lowest BCUT2D eigenvalue weighted by Crippen LogP contribution is -2.31. The maximum Gasteiger partial charge on any atom is 0.242 e. The molecule has 1 aromatic rings. The normalized spacial score (nSPS) is 11.2. The van der Waals surface area contributed by atoms with Crippen molar-refractivity contribution in [2.75, 3.05) is 19.6 Å². The summed E-state index contributed by atoms with van der Waals surface area (Å²) in [6, 6.07) is 2.96. The van der Waals surface area contributed by atoms with E-state index in [1.54, 1.807) is 6.07 Å². The zero-order valence-electron chi connectivity index (χ0n) is 10.0. The molecule has 0 heterocycles. The number of sulfonamides is 1. The summed E-state index contributed by atoms with van der Waals surface area (Å²) >= 11 is 15.0. The largest absolute Gasteiger partial charge is 0.316 e. The zero-order chi connectivity index (χ0) is 13.8. The van der Waals surface area contributed by atoms with E-state index in [1.807, 2.05) is 6.92 Å². The van der Waals surface area contributed by atoms with Gasteiger partial charge in [-0.2, -0.15) is 0 Å². The Hall–Kier alpha value is 0.440. The Bertz CT molecular complexity index is 526. The molecule has 0 amide bonds. The van der Waals surface area contributed by atoms with Crippen molar-refractivity contribution in [2.45, 2.75) is 11.8 Å². The van der Waals surface area contributed by atoms with E-state index in [2.05, 4.69) is 26.0 Å². The molecule has 0 radical (unpaired) electrons. The third kappa shape index (κ3) is 5.38. The monoisotopic (exact) mass is 410 g/mol. The molecule has 0 saturated heterocycles. The van der Waals surface area contributed by atoms with Crippen molar-refractivity contribution in [1.29, 1.82) is 0 Å². The number of halogens is 4. The number of nitrogens with one attached hydrogen (secondary N) is 2. The zero-order valence-corrected chi connectivity index (χ0v) is 14.8. The Morgan fingerprint density at radius 2 is 1.84 bits per heavy atom. The number of likely N-dealkylation sites (N-methyl/N-ethyl adjacent to an activating group) is 1. The fourth-order valence-electron chi connectivity index (χ4n) is 1.24. The first-order valence-corrected chi connectivity index (χ1v) is 8.27. The molecule has 9 heteroatoms. The molecule has 0 saturated carbocycles. The first-order chi connectivity index (χ1) is 8.40. The number of rotatable bonds is 6. The van der Waals surface area contributed by atoms with E-state index in [0.717, 1.165) is 6.54 Å². The quantitative estimate of drug-likeness (QED) is 0.558. The Labute approximate surface area is 137 Å². The van der Waals surface area contributed by atoms with Gasteiger partial charge in [-0.15, -0.1) is 12.4 Å². The topological polar surface area (TPSA) is 58.2 Å². The van der Waals surface area contributed by atoms with Crippen molar-refractivity contribution in [2.24, 2.45) is 0 Å². The molecule has 110 valence electrons. The van der Waals surface area contributed by atoms with Crippen LogP contribution in [0.2, 0.25) is 10.0 Å². The summed E-state index contributed by atoms with van der Waals surface area (Å²) in [7, 11) is -3.64. The van der Waals surface area contributed by atoms with Crippen molar-refractivity contribution in [3.63, 3.8) is 0 Å². The van der Waals surface area contributed by atoms with Crippen LogP contribution in [-0.2, 0) is 10.0 Å². The van der Waals surface area contributed by atoms with Crippen LogP contribution in [0.3, 0.4) is 0 Å². The van der Waals surface area contributed by atoms with Crippen LogP contribution < -0.4 is 10.0 Å². The van der Waals surface area contributed by atoms with Crippen LogP contribution >= 0.6 is 51.5 Å². The molecule has 0 aliphatic carbocycles. The molecule has 0 aliphatic rings. The SMILES string of the molecule is CCNCCNS(=O)(=O)c1ccc(Br)c(Cl)c1Cl.Cl. The first kappa shape index (κ1) is 19.4. The van der Waals surface area contributed by atoms with Crippen LogP contribution in [-0.4, -0.2) is 28.1 Å². The summed E-state index contributed by atoms with van der Waals surface area (Å²) in [6.45, 7) is 3.57. The highest BCUT2D eigenvalue weighted by Crippen LogP contribution is 2.34. The Morgan fingerprint density at radius 1 is 1.21 bits per heavy atom. The lowest BCUT2D eigenvalue weighted by molar-refractivity contribution is 0.577. The fraction of sp³-hybridized carbons (Fsp3) is 0.400. The summed E-state index contributed by atoms with van der Waals surface area (Å²) in [5.41, 5.74) is 0. The number of hydrogen-bond acceptors (Lipinski definition) is 3. The predicted molar refractivity (Wildman–Crippen MR) is 85.1 cm³/mol. The van der Waals surface area contributed by atoms with Crippen LogP contribution in [0.1, 0.15) is 6.92 Å². The molecule has 0 spiro atoms. The minimum absolute atomic E-state index is 0. The molecule has 0 aliphatic heterocycles. The van der Waals surface area contributed by atoms with E-state index < -0.39 is 10.0 Å². The van der Waals surface area contributed by atoms with Crippen LogP contribution in [0.4, 0.5) is 0 Å². The lowest BCUT2D eigenvalue weighted by atomic mass is 10.4. The van der Waals surface area contributed by atoms with Crippen LogP contribution in [0, 0.1) is 0 Å². The minimum Gasteiger partial charge on any atom is -0.316 e. The van der Waals surface area contributed by atoms with E-state index in [-0.39, 0.29) is 27.3 Å². The molecule has 19 heavy (non-hydrogen) atoms.